The molecule has 0 amide bonds. The van der Waals surface area contributed by atoms with Gasteiger partial charge in [0.1, 0.15) is 5.25 Å². The Morgan fingerprint density at radius 1 is 1.20 bits per heavy atom. The maximum Gasteiger partial charge on any atom is 0.304 e. The molecule has 0 radical (unpaired) electrons. The molecule has 1 saturated heterocycles. The van der Waals surface area contributed by atoms with Crippen LogP contribution in [0.3, 0.4) is 0 Å². The molecule has 4 atom stereocenters. The van der Waals surface area contributed by atoms with Crippen LogP contribution in [0.15, 0.2) is 35.2 Å². The lowest BCUT2D eigenvalue weighted by Crippen LogP contribution is -2.50. The second-order valence-corrected chi connectivity index (χ2v) is 16.9. The maximum absolute atomic E-state index is 13.4. The van der Waals surface area contributed by atoms with Crippen LogP contribution < -0.4 is 0 Å². The van der Waals surface area contributed by atoms with E-state index in [2.05, 4.69) is 33.9 Å². The lowest BCUT2D eigenvalue weighted by molar-refractivity contribution is -0.195. The van der Waals surface area contributed by atoms with Crippen molar-refractivity contribution in [2.75, 3.05) is 0 Å². The molecule has 1 aliphatic carbocycles. The van der Waals surface area contributed by atoms with Gasteiger partial charge in [-0.3, -0.25) is 4.79 Å². The van der Waals surface area contributed by atoms with E-state index < -0.39 is 41.3 Å². The fourth-order valence-electron chi connectivity index (χ4n) is 4.17. The molecule has 1 aromatic rings. The Balaban J connectivity index is 1.94. The molecule has 2 aliphatic rings. The monoisotopic (exact) mass is 454 g/mol. The van der Waals surface area contributed by atoms with Crippen molar-refractivity contribution in [1.82, 2.24) is 0 Å². The molecular formula is C22H34O6SSi. The van der Waals surface area contributed by atoms with Gasteiger partial charge in [-0.25, -0.2) is 8.42 Å². The van der Waals surface area contributed by atoms with Crippen LogP contribution in [0.4, 0.5) is 0 Å². The molecule has 8 heteroatoms. The second kappa shape index (κ2) is 8.04. The number of sulfone groups is 1. The summed E-state index contributed by atoms with van der Waals surface area (Å²) in [7, 11) is -5.83. The molecule has 0 N–H and O–H groups in total. The van der Waals surface area contributed by atoms with Crippen LogP contribution in [-0.4, -0.2) is 45.9 Å². The summed E-state index contributed by atoms with van der Waals surface area (Å²) in [4.78, 5) is 11.9. The minimum atomic E-state index is -3.74. The molecule has 1 spiro atoms. The Hall–Kier alpha value is -1.22. The fourth-order valence-corrected chi connectivity index (χ4v) is 7.36. The average Bonchev–Trinajstić information content (AvgIpc) is 3.18. The van der Waals surface area contributed by atoms with Crippen molar-refractivity contribution in [3.05, 3.63) is 30.3 Å². The quantitative estimate of drug-likeness (QED) is 0.483. The molecule has 1 aromatic carbocycles. The van der Waals surface area contributed by atoms with E-state index in [-0.39, 0.29) is 22.5 Å². The highest BCUT2D eigenvalue weighted by molar-refractivity contribution is 7.92. The van der Waals surface area contributed by atoms with Gasteiger partial charge in [0, 0.05) is 13.3 Å². The first-order chi connectivity index (χ1) is 13.8. The van der Waals surface area contributed by atoms with Gasteiger partial charge < -0.3 is 13.9 Å². The number of ether oxygens (including phenoxy) is 2. The van der Waals surface area contributed by atoms with Crippen molar-refractivity contribution >= 4 is 24.1 Å². The maximum atomic E-state index is 13.4. The van der Waals surface area contributed by atoms with E-state index in [4.69, 9.17) is 13.9 Å². The van der Waals surface area contributed by atoms with Gasteiger partial charge >= 0.3 is 5.97 Å². The minimum absolute atomic E-state index is 0.0280. The lowest BCUT2D eigenvalue weighted by Gasteiger charge is -2.42. The highest BCUT2D eigenvalue weighted by Crippen LogP contribution is 2.50. The predicted octanol–water partition coefficient (Wildman–Crippen LogP) is 4.45. The van der Waals surface area contributed by atoms with Gasteiger partial charge in [-0.2, -0.15) is 0 Å². The van der Waals surface area contributed by atoms with Crippen molar-refractivity contribution in [2.45, 2.75) is 99.7 Å². The Bertz CT molecular complexity index is 877. The Labute approximate surface area is 181 Å². The third kappa shape index (κ3) is 4.37. The first kappa shape index (κ1) is 23.4. The first-order valence-electron chi connectivity index (χ1n) is 10.6. The van der Waals surface area contributed by atoms with Crippen LogP contribution in [0.1, 0.15) is 53.4 Å². The molecule has 30 heavy (non-hydrogen) atoms. The van der Waals surface area contributed by atoms with E-state index in [1.54, 1.807) is 30.3 Å². The van der Waals surface area contributed by atoms with Crippen LogP contribution in [0.2, 0.25) is 18.1 Å². The Morgan fingerprint density at radius 3 is 2.40 bits per heavy atom. The van der Waals surface area contributed by atoms with Crippen molar-refractivity contribution in [3.63, 3.8) is 0 Å². The summed E-state index contributed by atoms with van der Waals surface area (Å²) in [5.41, 5.74) is -0.748. The van der Waals surface area contributed by atoms with Gasteiger partial charge in [-0.05, 0) is 49.5 Å². The summed E-state index contributed by atoms with van der Waals surface area (Å²) in [6, 6.07) is 8.30. The summed E-state index contributed by atoms with van der Waals surface area (Å²) in [6.45, 7) is 12.2. The molecule has 1 aliphatic heterocycles. The van der Waals surface area contributed by atoms with E-state index in [1.807, 2.05) is 0 Å². The summed E-state index contributed by atoms with van der Waals surface area (Å²) in [5, 5.41) is -0.924. The van der Waals surface area contributed by atoms with Gasteiger partial charge in [0.25, 0.3) is 0 Å². The van der Waals surface area contributed by atoms with Gasteiger partial charge in [0.15, 0.2) is 18.2 Å². The summed E-state index contributed by atoms with van der Waals surface area (Å²) < 4.78 is 45.2. The van der Waals surface area contributed by atoms with Crippen molar-refractivity contribution in [1.29, 1.82) is 0 Å². The number of hydrogen-bond donors (Lipinski definition) is 0. The van der Waals surface area contributed by atoms with Crippen molar-refractivity contribution in [3.8, 4) is 0 Å². The van der Waals surface area contributed by atoms with E-state index in [0.29, 0.717) is 6.42 Å². The molecule has 0 aromatic heterocycles. The third-order valence-corrected chi connectivity index (χ3v) is 13.5. The van der Waals surface area contributed by atoms with Crippen LogP contribution in [0.5, 0.6) is 0 Å². The molecule has 1 saturated carbocycles. The normalized spacial score (nSPS) is 30.0. The summed E-state index contributed by atoms with van der Waals surface area (Å²) in [5.74, 6) is -0.551. The first-order valence-corrected chi connectivity index (χ1v) is 15.1. The largest absolute Gasteiger partial charge is 0.434 e. The SMILES string of the molecule is CC(=O)O[C@H]1O[C@@]2(CCC[C@@H]2O[Si](C)(C)C(C)(C)C)C[C@H]1S(=O)(=O)c1ccccc1. The lowest BCUT2D eigenvalue weighted by atomic mass is 9.96. The topological polar surface area (TPSA) is 78.9 Å². The molecular weight excluding hydrogens is 420 g/mol. The van der Waals surface area contributed by atoms with Crippen LogP contribution in [0, 0.1) is 0 Å². The molecule has 3 rings (SSSR count). The van der Waals surface area contributed by atoms with E-state index in [0.717, 1.165) is 12.8 Å². The number of benzene rings is 1. The highest BCUT2D eigenvalue weighted by Gasteiger charge is 2.60. The number of carbonyl (C=O) groups excluding carboxylic acids is 1. The summed E-state index contributed by atoms with van der Waals surface area (Å²) >= 11 is 0. The fraction of sp³-hybridized carbons (Fsp3) is 0.682. The number of rotatable bonds is 5. The zero-order valence-corrected chi connectivity index (χ0v) is 20.6. The molecule has 0 unspecified atom stereocenters. The zero-order valence-electron chi connectivity index (χ0n) is 18.8. The van der Waals surface area contributed by atoms with E-state index in [9.17, 15) is 13.2 Å². The molecule has 168 valence electrons. The van der Waals surface area contributed by atoms with Gasteiger partial charge in [0.2, 0.25) is 6.29 Å². The smallest absolute Gasteiger partial charge is 0.304 e. The zero-order chi connectivity index (χ0) is 22.4. The standard InChI is InChI=1S/C22H34O6SSi/c1-16(23)26-20-18(29(24,25)17-11-8-7-9-12-17)15-22(27-20)14-10-13-19(22)28-30(5,6)21(2,3)4/h7-9,11-12,18-20H,10,13-15H2,1-6H3/t18-,19+,20+,22+/m1/s1. The van der Waals surface area contributed by atoms with Crippen LogP contribution in [0.25, 0.3) is 0 Å². The number of carbonyl (C=O) groups is 1. The van der Waals surface area contributed by atoms with Gasteiger partial charge in [-0.15, -0.1) is 0 Å². The minimum Gasteiger partial charge on any atom is -0.434 e. The van der Waals surface area contributed by atoms with Gasteiger partial charge in [0.05, 0.1) is 16.6 Å². The van der Waals surface area contributed by atoms with E-state index in [1.165, 1.54) is 6.92 Å². The number of esters is 1. The average molecular weight is 455 g/mol. The Kier molecular flexibility index (Phi) is 6.28. The Morgan fingerprint density at radius 2 is 1.83 bits per heavy atom. The van der Waals surface area contributed by atoms with E-state index >= 15 is 0 Å². The summed E-state index contributed by atoms with van der Waals surface area (Å²) in [6.07, 6.45) is 1.34. The highest BCUT2D eigenvalue weighted by atomic mass is 32.2. The molecule has 6 nitrogen and oxygen atoms in total. The van der Waals surface area contributed by atoms with Crippen LogP contribution >= 0.6 is 0 Å². The molecule has 0 bridgehead atoms. The van der Waals surface area contributed by atoms with Crippen molar-refractivity contribution in [2.24, 2.45) is 0 Å². The second-order valence-electron chi connectivity index (χ2n) is 10.0. The number of hydrogen-bond acceptors (Lipinski definition) is 6. The molecule has 1 heterocycles. The molecule has 2 fully saturated rings. The van der Waals surface area contributed by atoms with Gasteiger partial charge in [-0.1, -0.05) is 39.0 Å². The van der Waals surface area contributed by atoms with Crippen molar-refractivity contribution < 1.29 is 27.1 Å². The van der Waals surface area contributed by atoms with Crippen LogP contribution in [-0.2, 0) is 28.5 Å². The predicted molar refractivity (Wildman–Crippen MR) is 117 cm³/mol. The third-order valence-electron chi connectivity index (χ3n) is 6.85.